The Morgan fingerprint density at radius 2 is 2.10 bits per heavy atom. The zero-order valence-electron chi connectivity index (χ0n) is 17.2. The van der Waals surface area contributed by atoms with Crippen molar-refractivity contribution in [3.8, 4) is 17.0 Å². The first-order valence-electron chi connectivity index (χ1n) is 10.1. The molecule has 1 saturated heterocycles. The molecule has 1 atom stereocenters. The van der Waals surface area contributed by atoms with Gasteiger partial charge in [0.25, 0.3) is 0 Å². The molecule has 1 aliphatic heterocycles. The average molecular weight is 403 g/mol. The van der Waals surface area contributed by atoms with Crippen molar-refractivity contribution in [2.24, 2.45) is 5.92 Å². The van der Waals surface area contributed by atoms with Crippen molar-refractivity contribution >= 4 is 17.4 Å². The van der Waals surface area contributed by atoms with Gasteiger partial charge in [-0.3, -0.25) is 9.78 Å². The molecule has 2 aromatic heterocycles. The van der Waals surface area contributed by atoms with E-state index in [-0.39, 0.29) is 11.8 Å². The molecule has 1 aromatic carbocycles. The summed E-state index contributed by atoms with van der Waals surface area (Å²) >= 11 is 0. The molecule has 0 aliphatic carbocycles. The molecule has 1 unspecified atom stereocenters. The molecular formula is C23H25N5O2. The number of hydrogen-bond donors (Lipinski definition) is 1. The number of benzene rings is 1. The number of pyridine rings is 1. The number of aromatic nitrogens is 3. The molecule has 1 N–H and O–H groups in total. The molecule has 3 aromatic rings. The van der Waals surface area contributed by atoms with E-state index in [1.807, 2.05) is 49.4 Å². The minimum atomic E-state index is -0.122. The van der Waals surface area contributed by atoms with Gasteiger partial charge in [-0.1, -0.05) is 6.07 Å². The smallest absolute Gasteiger partial charge is 0.229 e. The average Bonchev–Trinajstić information content (AvgIpc) is 2.80. The Bertz CT molecular complexity index is 1010. The van der Waals surface area contributed by atoms with Crippen molar-refractivity contribution in [2.75, 3.05) is 30.4 Å². The van der Waals surface area contributed by atoms with E-state index >= 15 is 0 Å². The van der Waals surface area contributed by atoms with Crippen LogP contribution in [0.2, 0.25) is 0 Å². The number of anilines is 2. The first-order chi connectivity index (χ1) is 14.6. The van der Waals surface area contributed by atoms with E-state index in [9.17, 15) is 4.79 Å². The van der Waals surface area contributed by atoms with Crippen LogP contribution in [0.15, 0.2) is 54.9 Å². The number of aryl methyl sites for hydroxylation is 1. The molecule has 30 heavy (non-hydrogen) atoms. The lowest BCUT2D eigenvalue weighted by Crippen LogP contribution is -2.41. The van der Waals surface area contributed by atoms with Crippen LogP contribution in [0.4, 0.5) is 11.5 Å². The summed E-state index contributed by atoms with van der Waals surface area (Å²) in [6.45, 7) is 3.46. The number of hydrogen-bond acceptors (Lipinski definition) is 6. The minimum Gasteiger partial charge on any atom is -0.495 e. The molecule has 4 rings (SSSR count). The van der Waals surface area contributed by atoms with Crippen LogP contribution in [-0.4, -0.2) is 41.3 Å². The summed E-state index contributed by atoms with van der Waals surface area (Å²) in [5.74, 6) is 1.33. The summed E-state index contributed by atoms with van der Waals surface area (Å²) in [5, 5.41) is 11.8. The van der Waals surface area contributed by atoms with Crippen LogP contribution < -0.4 is 15.0 Å². The highest BCUT2D eigenvalue weighted by Gasteiger charge is 2.27. The van der Waals surface area contributed by atoms with Crippen molar-refractivity contribution in [1.82, 2.24) is 15.2 Å². The van der Waals surface area contributed by atoms with Crippen LogP contribution in [0, 0.1) is 12.8 Å². The maximum absolute atomic E-state index is 12.9. The van der Waals surface area contributed by atoms with Crippen molar-refractivity contribution in [1.29, 1.82) is 0 Å². The standard InChI is InChI=1S/C23H25N5O2/c1-16-7-9-21(30-2)20(13-16)25-23(29)18-6-4-12-28(15-18)22-10-8-19(26-27-22)17-5-3-11-24-14-17/h3,5,7-11,13-14,18H,4,6,12,15H2,1-2H3,(H,25,29). The van der Waals surface area contributed by atoms with Crippen molar-refractivity contribution in [2.45, 2.75) is 19.8 Å². The molecule has 0 radical (unpaired) electrons. The largest absolute Gasteiger partial charge is 0.495 e. The first-order valence-corrected chi connectivity index (χ1v) is 10.1. The third-order valence-corrected chi connectivity index (χ3v) is 5.34. The maximum Gasteiger partial charge on any atom is 0.229 e. The monoisotopic (exact) mass is 403 g/mol. The molecule has 0 spiro atoms. The quantitative estimate of drug-likeness (QED) is 0.700. The number of methoxy groups -OCH3 is 1. The van der Waals surface area contributed by atoms with Crippen LogP contribution in [0.1, 0.15) is 18.4 Å². The van der Waals surface area contributed by atoms with Gasteiger partial charge >= 0.3 is 0 Å². The van der Waals surface area contributed by atoms with Crippen LogP contribution >= 0.6 is 0 Å². The summed E-state index contributed by atoms with van der Waals surface area (Å²) in [5.41, 5.74) is 3.49. The predicted octanol–water partition coefficient (Wildman–Crippen LogP) is 3.71. The summed E-state index contributed by atoms with van der Waals surface area (Å²) in [4.78, 5) is 19.2. The second kappa shape index (κ2) is 8.90. The van der Waals surface area contributed by atoms with Gasteiger partial charge in [0.2, 0.25) is 5.91 Å². The number of piperidine rings is 1. The van der Waals surface area contributed by atoms with Crippen molar-refractivity contribution in [3.05, 3.63) is 60.4 Å². The van der Waals surface area contributed by atoms with Gasteiger partial charge in [-0.15, -0.1) is 10.2 Å². The first kappa shape index (κ1) is 19.8. The second-order valence-electron chi connectivity index (χ2n) is 7.50. The van der Waals surface area contributed by atoms with Gasteiger partial charge in [0, 0.05) is 31.0 Å². The lowest BCUT2D eigenvalue weighted by molar-refractivity contribution is -0.120. The van der Waals surface area contributed by atoms with Gasteiger partial charge in [0.05, 0.1) is 24.4 Å². The van der Waals surface area contributed by atoms with Crippen LogP contribution in [0.25, 0.3) is 11.3 Å². The molecule has 0 bridgehead atoms. The van der Waals surface area contributed by atoms with Crippen molar-refractivity contribution < 1.29 is 9.53 Å². The van der Waals surface area contributed by atoms with Crippen molar-refractivity contribution in [3.63, 3.8) is 0 Å². The highest BCUT2D eigenvalue weighted by Crippen LogP contribution is 2.28. The fraction of sp³-hybridized carbons (Fsp3) is 0.304. The Balaban J connectivity index is 1.44. The third-order valence-electron chi connectivity index (χ3n) is 5.34. The highest BCUT2D eigenvalue weighted by molar-refractivity contribution is 5.94. The van der Waals surface area contributed by atoms with Gasteiger partial charge in [0.1, 0.15) is 5.75 Å². The second-order valence-corrected chi connectivity index (χ2v) is 7.50. The summed E-state index contributed by atoms with van der Waals surface area (Å²) < 4.78 is 5.38. The van der Waals surface area contributed by atoms with Gasteiger partial charge in [-0.05, 0) is 61.7 Å². The fourth-order valence-electron chi connectivity index (χ4n) is 3.72. The number of carbonyl (C=O) groups is 1. The lowest BCUT2D eigenvalue weighted by atomic mass is 9.97. The predicted molar refractivity (Wildman–Crippen MR) is 117 cm³/mol. The fourth-order valence-corrected chi connectivity index (χ4v) is 3.72. The van der Waals surface area contributed by atoms with Crippen LogP contribution in [0.3, 0.4) is 0 Å². The summed E-state index contributed by atoms with van der Waals surface area (Å²) in [6.07, 6.45) is 5.27. The van der Waals surface area contributed by atoms with Gasteiger partial charge in [-0.25, -0.2) is 0 Å². The van der Waals surface area contributed by atoms with E-state index in [1.54, 1.807) is 19.5 Å². The molecule has 0 saturated carbocycles. The molecule has 7 nitrogen and oxygen atoms in total. The van der Waals surface area contributed by atoms with Crippen LogP contribution in [-0.2, 0) is 4.79 Å². The van der Waals surface area contributed by atoms with Gasteiger partial charge in [-0.2, -0.15) is 0 Å². The van der Waals surface area contributed by atoms with E-state index in [0.717, 1.165) is 42.0 Å². The number of ether oxygens (including phenoxy) is 1. The number of amides is 1. The molecule has 3 heterocycles. The maximum atomic E-state index is 12.9. The summed E-state index contributed by atoms with van der Waals surface area (Å²) in [6, 6.07) is 13.5. The highest BCUT2D eigenvalue weighted by atomic mass is 16.5. The third kappa shape index (κ3) is 4.40. The van der Waals surface area contributed by atoms with Crippen LogP contribution in [0.5, 0.6) is 5.75 Å². The zero-order valence-corrected chi connectivity index (χ0v) is 17.2. The SMILES string of the molecule is COc1ccc(C)cc1NC(=O)C1CCCN(c2ccc(-c3cccnc3)nn2)C1. The van der Waals surface area contributed by atoms with E-state index in [4.69, 9.17) is 4.74 Å². The van der Waals surface area contributed by atoms with E-state index in [1.165, 1.54) is 0 Å². The number of nitrogens with zero attached hydrogens (tertiary/aromatic N) is 4. The number of nitrogens with one attached hydrogen (secondary N) is 1. The molecule has 154 valence electrons. The topological polar surface area (TPSA) is 80.2 Å². The summed E-state index contributed by atoms with van der Waals surface area (Å²) in [7, 11) is 1.61. The van der Waals surface area contributed by atoms with Gasteiger partial charge < -0.3 is 15.0 Å². The van der Waals surface area contributed by atoms with E-state index in [0.29, 0.717) is 18.0 Å². The Morgan fingerprint density at radius 3 is 2.83 bits per heavy atom. The minimum absolute atomic E-state index is 0.00328. The lowest BCUT2D eigenvalue weighted by Gasteiger charge is -2.32. The zero-order chi connectivity index (χ0) is 20.9. The number of carbonyl (C=O) groups excluding carboxylic acids is 1. The number of rotatable bonds is 5. The Labute approximate surface area is 176 Å². The Kier molecular flexibility index (Phi) is 5.88. The molecule has 1 amide bonds. The molecular weight excluding hydrogens is 378 g/mol. The Morgan fingerprint density at radius 1 is 1.20 bits per heavy atom. The Hall–Kier alpha value is -3.48. The van der Waals surface area contributed by atoms with E-state index in [2.05, 4.69) is 25.4 Å². The molecule has 1 aliphatic rings. The molecule has 1 fully saturated rings. The van der Waals surface area contributed by atoms with Gasteiger partial charge in [0.15, 0.2) is 5.82 Å². The molecule has 7 heteroatoms. The normalized spacial score (nSPS) is 16.2. The van der Waals surface area contributed by atoms with E-state index < -0.39 is 0 Å².